The van der Waals surface area contributed by atoms with E-state index in [1.165, 1.54) is 25.7 Å². The normalized spacial score (nSPS) is 25.4. The van der Waals surface area contributed by atoms with Crippen molar-refractivity contribution in [2.45, 2.75) is 38.6 Å². The van der Waals surface area contributed by atoms with Crippen molar-refractivity contribution in [1.82, 2.24) is 9.97 Å². The smallest absolute Gasteiger partial charge is 0.221 e. The van der Waals surface area contributed by atoms with Gasteiger partial charge in [0.15, 0.2) is 0 Å². The maximum atomic E-state index is 5.57. The zero-order valence-electron chi connectivity index (χ0n) is 9.41. The van der Waals surface area contributed by atoms with Crippen LogP contribution in [0.1, 0.15) is 32.6 Å². The van der Waals surface area contributed by atoms with Crippen LogP contribution in [-0.4, -0.2) is 16.0 Å². The standard InChI is InChI=1S/C11H17BrN4/c1-7-2-4-8(5-3-7)15-10-9(12)6-14-11(13)16-10/h6-8H,2-5H2,1H3,(H3,13,14,15,16). The lowest BCUT2D eigenvalue weighted by molar-refractivity contribution is 0.360. The van der Waals surface area contributed by atoms with Crippen LogP contribution in [0.2, 0.25) is 0 Å². The third kappa shape index (κ3) is 2.84. The number of nitrogen functional groups attached to an aromatic ring is 1. The van der Waals surface area contributed by atoms with Gasteiger partial charge in [0.2, 0.25) is 5.95 Å². The van der Waals surface area contributed by atoms with E-state index in [0.717, 1.165) is 16.2 Å². The van der Waals surface area contributed by atoms with Crippen LogP contribution in [0.4, 0.5) is 11.8 Å². The first-order valence-electron chi connectivity index (χ1n) is 5.69. The molecule has 1 aromatic rings. The van der Waals surface area contributed by atoms with Crippen molar-refractivity contribution in [3.63, 3.8) is 0 Å². The van der Waals surface area contributed by atoms with Crippen molar-refractivity contribution in [2.24, 2.45) is 5.92 Å². The fraction of sp³-hybridized carbons (Fsp3) is 0.636. The highest BCUT2D eigenvalue weighted by molar-refractivity contribution is 9.10. The van der Waals surface area contributed by atoms with Crippen LogP contribution in [0.5, 0.6) is 0 Å². The lowest BCUT2D eigenvalue weighted by Crippen LogP contribution is -2.26. The number of hydrogen-bond donors (Lipinski definition) is 2. The Bertz CT molecular complexity index is 361. The highest BCUT2D eigenvalue weighted by atomic mass is 79.9. The molecule has 4 nitrogen and oxygen atoms in total. The van der Waals surface area contributed by atoms with E-state index in [-0.39, 0.29) is 0 Å². The van der Waals surface area contributed by atoms with E-state index in [9.17, 15) is 0 Å². The molecule has 88 valence electrons. The Balaban J connectivity index is 2.00. The summed E-state index contributed by atoms with van der Waals surface area (Å²) >= 11 is 3.43. The molecule has 5 heteroatoms. The summed E-state index contributed by atoms with van der Waals surface area (Å²) in [5, 5.41) is 3.43. The Hall–Kier alpha value is -0.840. The van der Waals surface area contributed by atoms with Gasteiger partial charge in [0.1, 0.15) is 5.82 Å². The minimum Gasteiger partial charge on any atom is -0.368 e. The number of aromatic nitrogens is 2. The Morgan fingerprint density at radius 1 is 1.38 bits per heavy atom. The lowest BCUT2D eigenvalue weighted by Gasteiger charge is -2.27. The Labute approximate surface area is 104 Å². The summed E-state index contributed by atoms with van der Waals surface area (Å²) < 4.78 is 0.875. The number of hydrogen-bond acceptors (Lipinski definition) is 4. The summed E-state index contributed by atoms with van der Waals surface area (Å²) in [4.78, 5) is 8.12. The molecule has 1 aromatic heterocycles. The van der Waals surface area contributed by atoms with Gasteiger partial charge >= 0.3 is 0 Å². The largest absolute Gasteiger partial charge is 0.368 e. The molecule has 0 bridgehead atoms. The van der Waals surface area contributed by atoms with Crippen LogP contribution in [0.15, 0.2) is 10.7 Å². The second-order valence-electron chi connectivity index (χ2n) is 4.53. The molecule has 1 aliphatic carbocycles. The molecule has 0 radical (unpaired) electrons. The number of rotatable bonds is 2. The molecular formula is C11H17BrN4. The van der Waals surface area contributed by atoms with E-state index >= 15 is 0 Å². The van der Waals surface area contributed by atoms with E-state index in [1.54, 1.807) is 6.20 Å². The summed E-state index contributed by atoms with van der Waals surface area (Å²) in [6.07, 6.45) is 6.68. The van der Waals surface area contributed by atoms with Crippen LogP contribution in [0.3, 0.4) is 0 Å². The molecule has 16 heavy (non-hydrogen) atoms. The van der Waals surface area contributed by atoms with Crippen LogP contribution in [0, 0.1) is 5.92 Å². The summed E-state index contributed by atoms with van der Waals surface area (Å²) in [7, 11) is 0. The number of halogens is 1. The summed E-state index contributed by atoms with van der Waals surface area (Å²) in [5.74, 6) is 1.99. The van der Waals surface area contributed by atoms with E-state index in [1.807, 2.05) is 0 Å². The van der Waals surface area contributed by atoms with Crippen LogP contribution >= 0.6 is 15.9 Å². The van der Waals surface area contributed by atoms with Crippen molar-refractivity contribution < 1.29 is 0 Å². The Morgan fingerprint density at radius 3 is 2.75 bits per heavy atom. The number of anilines is 2. The molecule has 1 aliphatic rings. The monoisotopic (exact) mass is 284 g/mol. The minimum atomic E-state index is 0.315. The molecule has 0 unspecified atom stereocenters. The first-order chi connectivity index (χ1) is 7.65. The summed E-state index contributed by atoms with van der Waals surface area (Å²) in [6.45, 7) is 2.31. The number of nitrogens with zero attached hydrogens (tertiary/aromatic N) is 2. The van der Waals surface area contributed by atoms with Gasteiger partial charge in [-0.25, -0.2) is 4.98 Å². The molecule has 0 amide bonds. The van der Waals surface area contributed by atoms with E-state index in [2.05, 4.69) is 38.1 Å². The fourth-order valence-corrected chi connectivity index (χ4v) is 2.39. The third-order valence-corrected chi connectivity index (χ3v) is 3.70. The van der Waals surface area contributed by atoms with Crippen molar-refractivity contribution in [2.75, 3.05) is 11.1 Å². The van der Waals surface area contributed by atoms with Crippen LogP contribution in [-0.2, 0) is 0 Å². The highest BCUT2D eigenvalue weighted by Gasteiger charge is 2.19. The second-order valence-corrected chi connectivity index (χ2v) is 5.38. The predicted octanol–water partition coefficient (Wildman–Crippen LogP) is 2.81. The first kappa shape index (κ1) is 11.6. The molecular weight excluding hydrogens is 268 g/mol. The zero-order valence-corrected chi connectivity index (χ0v) is 11.0. The SMILES string of the molecule is CC1CCC(Nc2nc(N)ncc2Br)CC1. The molecule has 1 heterocycles. The molecule has 0 aliphatic heterocycles. The number of nitrogens with one attached hydrogen (secondary N) is 1. The Morgan fingerprint density at radius 2 is 2.06 bits per heavy atom. The molecule has 1 fully saturated rings. The van der Waals surface area contributed by atoms with Gasteiger partial charge in [-0.1, -0.05) is 6.92 Å². The lowest BCUT2D eigenvalue weighted by atomic mass is 9.87. The molecule has 2 rings (SSSR count). The van der Waals surface area contributed by atoms with E-state index < -0.39 is 0 Å². The quantitative estimate of drug-likeness (QED) is 0.877. The van der Waals surface area contributed by atoms with Crippen molar-refractivity contribution in [3.05, 3.63) is 10.7 Å². The van der Waals surface area contributed by atoms with Crippen LogP contribution in [0.25, 0.3) is 0 Å². The fourth-order valence-electron chi connectivity index (χ4n) is 2.08. The first-order valence-corrected chi connectivity index (χ1v) is 6.49. The van der Waals surface area contributed by atoms with Gasteiger partial charge in [0.25, 0.3) is 0 Å². The highest BCUT2D eigenvalue weighted by Crippen LogP contribution is 2.27. The number of nitrogens with two attached hydrogens (primary N) is 1. The van der Waals surface area contributed by atoms with Gasteiger partial charge in [-0.3, -0.25) is 0 Å². The van der Waals surface area contributed by atoms with Gasteiger partial charge in [0, 0.05) is 12.2 Å². The van der Waals surface area contributed by atoms with Crippen molar-refractivity contribution in [3.8, 4) is 0 Å². The zero-order chi connectivity index (χ0) is 11.5. The maximum absolute atomic E-state index is 5.57. The summed E-state index contributed by atoms with van der Waals surface area (Å²) in [5.41, 5.74) is 5.57. The van der Waals surface area contributed by atoms with Crippen molar-refractivity contribution in [1.29, 1.82) is 0 Å². The van der Waals surface area contributed by atoms with Crippen molar-refractivity contribution >= 4 is 27.7 Å². The van der Waals surface area contributed by atoms with Gasteiger partial charge < -0.3 is 11.1 Å². The predicted molar refractivity (Wildman–Crippen MR) is 69.2 cm³/mol. The average Bonchev–Trinajstić information content (AvgIpc) is 2.27. The molecule has 0 saturated heterocycles. The second kappa shape index (κ2) is 4.99. The van der Waals surface area contributed by atoms with Gasteiger partial charge in [-0.15, -0.1) is 0 Å². The molecule has 3 N–H and O–H groups in total. The molecule has 1 saturated carbocycles. The molecule has 0 atom stereocenters. The molecule has 0 spiro atoms. The summed E-state index contributed by atoms with van der Waals surface area (Å²) in [6, 6.07) is 0.516. The van der Waals surface area contributed by atoms with Gasteiger partial charge in [-0.2, -0.15) is 4.98 Å². The van der Waals surface area contributed by atoms with Gasteiger partial charge in [0.05, 0.1) is 4.47 Å². The topological polar surface area (TPSA) is 63.8 Å². The van der Waals surface area contributed by atoms with E-state index in [0.29, 0.717) is 12.0 Å². The van der Waals surface area contributed by atoms with Gasteiger partial charge in [-0.05, 0) is 47.5 Å². The minimum absolute atomic E-state index is 0.315. The molecule has 0 aromatic carbocycles. The van der Waals surface area contributed by atoms with E-state index in [4.69, 9.17) is 5.73 Å². The third-order valence-electron chi connectivity index (χ3n) is 3.12. The van der Waals surface area contributed by atoms with Crippen LogP contribution < -0.4 is 11.1 Å². The average molecular weight is 285 g/mol. The maximum Gasteiger partial charge on any atom is 0.221 e. The Kier molecular flexibility index (Phi) is 3.63.